The zero-order valence-electron chi connectivity index (χ0n) is 15.6. The van der Waals surface area contributed by atoms with Gasteiger partial charge in [-0.15, -0.1) is 0 Å². The third-order valence-electron chi connectivity index (χ3n) is 5.92. The van der Waals surface area contributed by atoms with Crippen LogP contribution in [-0.2, 0) is 10.2 Å². The molecule has 0 saturated carbocycles. The molecule has 1 amide bonds. The summed E-state index contributed by atoms with van der Waals surface area (Å²) in [5, 5.41) is 5.20. The Balaban J connectivity index is 1.81. The fraction of sp³-hybridized carbons (Fsp3) is 0.0385. The van der Waals surface area contributed by atoms with Gasteiger partial charge in [-0.1, -0.05) is 78.9 Å². The minimum absolute atomic E-state index is 0.0575. The molecule has 0 spiro atoms. The van der Waals surface area contributed by atoms with Crippen LogP contribution in [0.2, 0.25) is 0 Å². The third kappa shape index (κ3) is 2.04. The molecule has 0 bridgehead atoms. The first-order valence-corrected chi connectivity index (χ1v) is 9.67. The highest BCUT2D eigenvalue weighted by Crippen LogP contribution is 2.51. The topological polar surface area (TPSA) is 42.2 Å². The maximum atomic E-state index is 13.7. The summed E-state index contributed by atoms with van der Waals surface area (Å²) in [6.45, 7) is 0. The van der Waals surface area contributed by atoms with Gasteiger partial charge in [0.1, 0.15) is 16.6 Å². The van der Waals surface area contributed by atoms with E-state index in [0.717, 1.165) is 44.3 Å². The highest BCUT2D eigenvalue weighted by Gasteiger charge is 2.51. The van der Waals surface area contributed by atoms with Crippen molar-refractivity contribution in [1.82, 2.24) is 0 Å². The van der Waals surface area contributed by atoms with E-state index in [1.165, 1.54) is 0 Å². The number of benzene rings is 4. The number of amides is 1. The van der Waals surface area contributed by atoms with Crippen molar-refractivity contribution in [2.45, 2.75) is 5.41 Å². The molecule has 4 aromatic carbocycles. The maximum Gasteiger partial charge on any atom is 0.244 e. The SMILES string of the molecule is O=C1Nc2ccc3c(oc4ccccc43)c2C1(c1ccccc1)c1ccccc1. The Labute approximate surface area is 167 Å². The van der Waals surface area contributed by atoms with E-state index >= 15 is 0 Å². The van der Waals surface area contributed by atoms with Crippen molar-refractivity contribution in [2.75, 3.05) is 5.32 Å². The van der Waals surface area contributed by atoms with Gasteiger partial charge in [0.05, 0.1) is 0 Å². The number of anilines is 1. The predicted octanol–water partition coefficient (Wildman–Crippen LogP) is 5.87. The summed E-state index contributed by atoms with van der Waals surface area (Å²) in [6, 6.07) is 31.9. The van der Waals surface area contributed by atoms with Crippen LogP contribution in [0.5, 0.6) is 0 Å². The minimum Gasteiger partial charge on any atom is -0.456 e. The number of nitrogens with one attached hydrogen (secondary N) is 1. The van der Waals surface area contributed by atoms with Crippen molar-refractivity contribution in [2.24, 2.45) is 0 Å². The molecular formula is C26H17NO2. The second-order valence-electron chi connectivity index (χ2n) is 7.40. The molecule has 0 fully saturated rings. The molecule has 0 saturated heterocycles. The maximum absolute atomic E-state index is 13.7. The Morgan fingerprint density at radius 3 is 1.97 bits per heavy atom. The summed E-state index contributed by atoms with van der Waals surface area (Å²) in [7, 11) is 0. The molecule has 1 aliphatic rings. The van der Waals surface area contributed by atoms with Crippen LogP contribution < -0.4 is 5.32 Å². The molecule has 0 unspecified atom stereocenters. The van der Waals surface area contributed by atoms with Crippen molar-refractivity contribution in [3.63, 3.8) is 0 Å². The lowest BCUT2D eigenvalue weighted by molar-refractivity contribution is -0.118. The van der Waals surface area contributed by atoms with E-state index in [9.17, 15) is 4.79 Å². The normalized spacial score (nSPS) is 14.8. The standard InChI is InChI=1S/C26H17NO2/c28-25-26(17-9-3-1-4-10-17,18-11-5-2-6-12-18)23-21(27-25)16-15-20-19-13-7-8-14-22(19)29-24(20)23/h1-16H,(H,27,28). The number of fused-ring (bicyclic) bond motifs is 5. The molecule has 29 heavy (non-hydrogen) atoms. The lowest BCUT2D eigenvalue weighted by Gasteiger charge is -2.29. The second kappa shape index (κ2) is 5.82. The molecule has 0 aliphatic carbocycles. The number of hydrogen-bond donors (Lipinski definition) is 1. The Kier molecular flexibility index (Phi) is 3.24. The second-order valence-corrected chi connectivity index (χ2v) is 7.40. The molecule has 1 N–H and O–H groups in total. The van der Waals surface area contributed by atoms with Gasteiger partial charge in [0.25, 0.3) is 0 Å². The first kappa shape index (κ1) is 16.1. The fourth-order valence-electron chi connectivity index (χ4n) is 4.69. The zero-order valence-corrected chi connectivity index (χ0v) is 15.6. The van der Waals surface area contributed by atoms with Gasteiger partial charge in [0.15, 0.2) is 0 Å². The van der Waals surface area contributed by atoms with Crippen LogP contribution in [-0.4, -0.2) is 5.91 Å². The molecular weight excluding hydrogens is 358 g/mol. The van der Waals surface area contributed by atoms with Gasteiger partial charge < -0.3 is 9.73 Å². The summed E-state index contributed by atoms with van der Waals surface area (Å²) in [4.78, 5) is 13.7. The largest absolute Gasteiger partial charge is 0.456 e. The summed E-state index contributed by atoms with van der Waals surface area (Å²) in [5.74, 6) is -0.0575. The van der Waals surface area contributed by atoms with Crippen LogP contribution >= 0.6 is 0 Å². The highest BCUT2D eigenvalue weighted by atomic mass is 16.3. The molecule has 3 heteroatoms. The number of carbonyl (C=O) groups is 1. The molecule has 0 atom stereocenters. The van der Waals surface area contributed by atoms with Gasteiger partial charge >= 0.3 is 0 Å². The molecule has 2 heterocycles. The highest BCUT2D eigenvalue weighted by molar-refractivity contribution is 6.18. The van der Waals surface area contributed by atoms with E-state index in [2.05, 4.69) is 11.4 Å². The smallest absolute Gasteiger partial charge is 0.244 e. The summed E-state index contributed by atoms with van der Waals surface area (Å²) in [6.07, 6.45) is 0. The number of para-hydroxylation sites is 1. The van der Waals surface area contributed by atoms with Gasteiger partial charge in [-0.3, -0.25) is 4.79 Å². The Bertz CT molecular complexity index is 1340. The zero-order chi connectivity index (χ0) is 19.4. The lowest BCUT2D eigenvalue weighted by atomic mass is 9.70. The Morgan fingerprint density at radius 2 is 1.28 bits per heavy atom. The van der Waals surface area contributed by atoms with Gasteiger partial charge in [-0.25, -0.2) is 0 Å². The number of rotatable bonds is 2. The lowest BCUT2D eigenvalue weighted by Crippen LogP contribution is -2.37. The van der Waals surface area contributed by atoms with E-state index in [1.807, 2.05) is 91.0 Å². The average Bonchev–Trinajstić information content (AvgIpc) is 3.30. The molecule has 6 rings (SSSR count). The van der Waals surface area contributed by atoms with E-state index in [4.69, 9.17) is 4.42 Å². The molecule has 3 nitrogen and oxygen atoms in total. The van der Waals surface area contributed by atoms with Gasteiger partial charge in [0, 0.05) is 22.0 Å². The molecule has 1 aliphatic heterocycles. The van der Waals surface area contributed by atoms with Crippen molar-refractivity contribution >= 4 is 33.5 Å². The first-order valence-electron chi connectivity index (χ1n) is 9.67. The van der Waals surface area contributed by atoms with E-state index in [0.29, 0.717) is 0 Å². The van der Waals surface area contributed by atoms with Crippen LogP contribution in [0.1, 0.15) is 16.7 Å². The van der Waals surface area contributed by atoms with Crippen LogP contribution in [0, 0.1) is 0 Å². The number of carbonyl (C=O) groups excluding carboxylic acids is 1. The van der Waals surface area contributed by atoms with Crippen molar-refractivity contribution < 1.29 is 9.21 Å². The Morgan fingerprint density at radius 1 is 0.655 bits per heavy atom. The van der Waals surface area contributed by atoms with Crippen molar-refractivity contribution in [3.05, 3.63) is 114 Å². The Hall–Kier alpha value is -3.85. The molecule has 1 aromatic heterocycles. The van der Waals surface area contributed by atoms with E-state index in [1.54, 1.807) is 0 Å². The van der Waals surface area contributed by atoms with Crippen LogP contribution in [0.3, 0.4) is 0 Å². The third-order valence-corrected chi connectivity index (χ3v) is 5.92. The summed E-state index contributed by atoms with van der Waals surface area (Å²) < 4.78 is 6.35. The van der Waals surface area contributed by atoms with Gasteiger partial charge in [-0.2, -0.15) is 0 Å². The molecule has 0 radical (unpaired) electrons. The monoisotopic (exact) mass is 375 g/mol. The molecule has 5 aromatic rings. The van der Waals surface area contributed by atoms with E-state index in [-0.39, 0.29) is 5.91 Å². The van der Waals surface area contributed by atoms with Crippen LogP contribution in [0.4, 0.5) is 5.69 Å². The van der Waals surface area contributed by atoms with Crippen molar-refractivity contribution in [1.29, 1.82) is 0 Å². The van der Waals surface area contributed by atoms with Gasteiger partial charge in [-0.05, 0) is 29.3 Å². The fourth-order valence-corrected chi connectivity index (χ4v) is 4.69. The number of hydrogen-bond acceptors (Lipinski definition) is 2. The van der Waals surface area contributed by atoms with Crippen LogP contribution in [0.15, 0.2) is 101 Å². The van der Waals surface area contributed by atoms with E-state index < -0.39 is 5.41 Å². The number of furan rings is 1. The van der Waals surface area contributed by atoms with Crippen molar-refractivity contribution in [3.8, 4) is 0 Å². The quantitative estimate of drug-likeness (QED) is 0.419. The average molecular weight is 375 g/mol. The van der Waals surface area contributed by atoms with Gasteiger partial charge in [0.2, 0.25) is 5.91 Å². The van der Waals surface area contributed by atoms with Crippen LogP contribution in [0.25, 0.3) is 21.9 Å². The first-order chi connectivity index (χ1) is 14.3. The minimum atomic E-state index is -0.967. The summed E-state index contributed by atoms with van der Waals surface area (Å²) >= 11 is 0. The summed E-state index contributed by atoms with van der Waals surface area (Å²) in [5.41, 5.74) is 4.15. The molecule has 138 valence electrons. The predicted molar refractivity (Wildman–Crippen MR) is 115 cm³/mol.